The van der Waals surface area contributed by atoms with Crippen LogP contribution in [0.3, 0.4) is 0 Å². The van der Waals surface area contributed by atoms with Gasteiger partial charge in [-0.3, -0.25) is 14.8 Å². The Hall–Kier alpha value is -2.01. The highest BCUT2D eigenvalue weighted by Crippen LogP contribution is 2.13. The number of carbonyl (C=O) groups is 1. The zero-order chi connectivity index (χ0) is 15.2. The van der Waals surface area contributed by atoms with Crippen LogP contribution in [0.25, 0.3) is 6.08 Å². The van der Waals surface area contributed by atoms with Crippen molar-refractivity contribution in [3.63, 3.8) is 0 Å². The first kappa shape index (κ1) is 15.4. The number of nitrogens with zero attached hydrogens (tertiary/aromatic N) is 2. The van der Waals surface area contributed by atoms with Gasteiger partial charge in [-0.1, -0.05) is 36.8 Å². The van der Waals surface area contributed by atoms with E-state index in [1.165, 1.54) is 5.56 Å². The van der Waals surface area contributed by atoms with Gasteiger partial charge in [-0.2, -0.15) is 17.7 Å². The second-order valence-corrected chi connectivity index (χ2v) is 5.86. The highest BCUT2D eigenvalue weighted by molar-refractivity contribution is 7.81. The van der Waals surface area contributed by atoms with Gasteiger partial charge < -0.3 is 0 Å². The molecular formula is C16H19N3OS. The van der Waals surface area contributed by atoms with Gasteiger partial charge in [0, 0.05) is 30.1 Å². The molecule has 0 spiro atoms. The lowest BCUT2D eigenvalue weighted by molar-refractivity contribution is -0.114. The SMILES string of the molecule is Cc1ccc(/C=C/C(=O)N(CC(C)S)c2cc[nH]n2)cc1. The molecule has 0 fully saturated rings. The Bertz CT molecular complexity index is 603. The number of nitrogens with one attached hydrogen (secondary N) is 1. The van der Waals surface area contributed by atoms with Crippen LogP contribution < -0.4 is 4.90 Å². The number of benzene rings is 1. The summed E-state index contributed by atoms with van der Waals surface area (Å²) in [5, 5.41) is 6.86. The van der Waals surface area contributed by atoms with E-state index in [9.17, 15) is 4.79 Å². The van der Waals surface area contributed by atoms with Crippen molar-refractivity contribution in [2.75, 3.05) is 11.4 Å². The zero-order valence-electron chi connectivity index (χ0n) is 12.2. The first-order valence-corrected chi connectivity index (χ1v) is 7.32. The maximum absolute atomic E-state index is 12.4. The molecule has 1 aromatic carbocycles. The monoisotopic (exact) mass is 301 g/mol. The second-order valence-electron chi connectivity index (χ2n) is 4.97. The van der Waals surface area contributed by atoms with Crippen LogP contribution in [0.15, 0.2) is 42.6 Å². The van der Waals surface area contributed by atoms with Crippen LogP contribution in [0.1, 0.15) is 18.1 Å². The Kier molecular flexibility index (Phi) is 5.22. The Balaban J connectivity index is 2.13. The molecule has 1 amide bonds. The van der Waals surface area contributed by atoms with Crippen molar-refractivity contribution in [2.24, 2.45) is 0 Å². The lowest BCUT2D eigenvalue weighted by Crippen LogP contribution is -2.34. The fourth-order valence-corrected chi connectivity index (χ4v) is 2.06. The van der Waals surface area contributed by atoms with Gasteiger partial charge in [0.05, 0.1) is 0 Å². The smallest absolute Gasteiger partial charge is 0.252 e. The average molecular weight is 301 g/mol. The molecule has 21 heavy (non-hydrogen) atoms. The van der Waals surface area contributed by atoms with E-state index in [1.54, 1.807) is 23.2 Å². The topological polar surface area (TPSA) is 49.0 Å². The summed E-state index contributed by atoms with van der Waals surface area (Å²) in [4.78, 5) is 14.0. The zero-order valence-corrected chi connectivity index (χ0v) is 13.0. The molecular weight excluding hydrogens is 282 g/mol. The summed E-state index contributed by atoms with van der Waals surface area (Å²) in [5.74, 6) is 0.498. The predicted molar refractivity (Wildman–Crippen MR) is 89.6 cm³/mol. The minimum absolute atomic E-state index is 0.0680. The summed E-state index contributed by atoms with van der Waals surface area (Å²) in [6, 6.07) is 9.78. The molecule has 110 valence electrons. The number of rotatable bonds is 5. The molecule has 0 bridgehead atoms. The fraction of sp³-hybridized carbons (Fsp3) is 0.250. The van der Waals surface area contributed by atoms with Crippen LogP contribution in [0.2, 0.25) is 0 Å². The summed E-state index contributed by atoms with van der Waals surface area (Å²) in [5.41, 5.74) is 2.19. The molecule has 0 aliphatic carbocycles. The summed E-state index contributed by atoms with van der Waals surface area (Å²) in [6.45, 7) is 4.48. The van der Waals surface area contributed by atoms with Crippen LogP contribution in [0, 0.1) is 6.92 Å². The molecule has 0 aliphatic rings. The van der Waals surface area contributed by atoms with E-state index in [0.717, 1.165) is 5.56 Å². The number of H-pyrrole nitrogens is 1. The normalized spacial score (nSPS) is 12.5. The van der Waals surface area contributed by atoms with Crippen LogP contribution >= 0.6 is 12.6 Å². The molecule has 1 N–H and O–H groups in total. The third kappa shape index (κ3) is 4.49. The molecule has 0 saturated heterocycles. The summed E-state index contributed by atoms with van der Waals surface area (Å²) < 4.78 is 0. The first-order valence-electron chi connectivity index (χ1n) is 6.80. The standard InChI is InChI=1S/C16H19N3OS/c1-12-3-5-14(6-4-12)7-8-16(20)19(11-13(2)21)15-9-10-17-18-15/h3-10,13,21H,11H2,1-2H3,(H,17,18)/b8-7+. The van der Waals surface area contributed by atoms with Crippen molar-refractivity contribution in [1.82, 2.24) is 10.2 Å². The number of anilines is 1. The van der Waals surface area contributed by atoms with Gasteiger partial charge in [0.25, 0.3) is 5.91 Å². The van der Waals surface area contributed by atoms with Crippen molar-refractivity contribution >= 4 is 30.4 Å². The Morgan fingerprint density at radius 2 is 2.10 bits per heavy atom. The molecule has 1 unspecified atom stereocenters. The van der Waals surface area contributed by atoms with Gasteiger partial charge in [-0.25, -0.2) is 0 Å². The van der Waals surface area contributed by atoms with Crippen molar-refractivity contribution in [2.45, 2.75) is 19.1 Å². The van der Waals surface area contributed by atoms with Gasteiger partial charge in [0.15, 0.2) is 5.82 Å². The van der Waals surface area contributed by atoms with Crippen LogP contribution in [0.4, 0.5) is 5.82 Å². The molecule has 0 radical (unpaired) electrons. The van der Waals surface area contributed by atoms with E-state index in [0.29, 0.717) is 12.4 Å². The number of hydrogen-bond donors (Lipinski definition) is 2. The van der Waals surface area contributed by atoms with Crippen molar-refractivity contribution < 1.29 is 4.79 Å². The summed E-state index contributed by atoms with van der Waals surface area (Å²) >= 11 is 4.36. The molecule has 5 heteroatoms. The van der Waals surface area contributed by atoms with E-state index in [-0.39, 0.29) is 11.2 Å². The quantitative estimate of drug-likeness (QED) is 0.658. The average Bonchev–Trinajstić information content (AvgIpc) is 2.97. The van der Waals surface area contributed by atoms with Gasteiger partial charge in [0.1, 0.15) is 0 Å². The van der Waals surface area contributed by atoms with Crippen LogP contribution in [0.5, 0.6) is 0 Å². The highest BCUT2D eigenvalue weighted by atomic mass is 32.1. The summed E-state index contributed by atoms with van der Waals surface area (Å²) in [7, 11) is 0. The highest BCUT2D eigenvalue weighted by Gasteiger charge is 2.16. The molecule has 1 heterocycles. The molecule has 4 nitrogen and oxygen atoms in total. The number of aromatic amines is 1. The Morgan fingerprint density at radius 1 is 1.38 bits per heavy atom. The maximum Gasteiger partial charge on any atom is 0.252 e. The van der Waals surface area contributed by atoms with Crippen LogP contribution in [-0.2, 0) is 4.79 Å². The number of aromatic nitrogens is 2. The predicted octanol–water partition coefficient (Wildman–Crippen LogP) is 3.08. The second kappa shape index (κ2) is 7.13. The molecule has 2 rings (SSSR count). The lowest BCUT2D eigenvalue weighted by Gasteiger charge is -2.20. The van der Waals surface area contributed by atoms with Crippen LogP contribution in [-0.4, -0.2) is 27.9 Å². The number of amides is 1. The number of hydrogen-bond acceptors (Lipinski definition) is 3. The Labute approximate surface area is 130 Å². The van der Waals surface area contributed by atoms with Gasteiger partial charge in [0.2, 0.25) is 0 Å². The van der Waals surface area contributed by atoms with Crippen molar-refractivity contribution in [1.29, 1.82) is 0 Å². The first-order chi connectivity index (χ1) is 10.1. The molecule has 2 aromatic rings. The molecule has 1 atom stereocenters. The van der Waals surface area contributed by atoms with E-state index in [1.807, 2.05) is 44.2 Å². The Morgan fingerprint density at radius 3 is 2.67 bits per heavy atom. The minimum Gasteiger partial charge on any atom is -0.291 e. The van der Waals surface area contributed by atoms with E-state index in [2.05, 4.69) is 22.8 Å². The lowest BCUT2D eigenvalue weighted by atomic mass is 10.1. The van der Waals surface area contributed by atoms with E-state index < -0.39 is 0 Å². The largest absolute Gasteiger partial charge is 0.291 e. The number of carbonyl (C=O) groups excluding carboxylic acids is 1. The van der Waals surface area contributed by atoms with Crippen molar-refractivity contribution in [3.8, 4) is 0 Å². The van der Waals surface area contributed by atoms with E-state index in [4.69, 9.17) is 0 Å². The summed E-state index contributed by atoms with van der Waals surface area (Å²) in [6.07, 6.45) is 5.07. The molecule has 0 aliphatic heterocycles. The van der Waals surface area contributed by atoms with Gasteiger partial charge in [-0.05, 0) is 18.6 Å². The van der Waals surface area contributed by atoms with Crippen molar-refractivity contribution in [3.05, 3.63) is 53.7 Å². The third-order valence-corrected chi connectivity index (χ3v) is 3.13. The maximum atomic E-state index is 12.4. The third-order valence-electron chi connectivity index (χ3n) is 2.97. The van der Waals surface area contributed by atoms with Gasteiger partial charge >= 0.3 is 0 Å². The number of thiol groups is 1. The number of aryl methyl sites for hydroxylation is 1. The molecule has 0 saturated carbocycles. The minimum atomic E-state index is -0.108. The van der Waals surface area contributed by atoms with Gasteiger partial charge in [-0.15, -0.1) is 0 Å². The molecule has 1 aromatic heterocycles. The van der Waals surface area contributed by atoms with E-state index >= 15 is 0 Å². The fourth-order valence-electron chi connectivity index (χ4n) is 1.90.